The Labute approximate surface area is 122 Å². The van der Waals surface area contributed by atoms with Gasteiger partial charge in [0.2, 0.25) is 5.95 Å². The van der Waals surface area contributed by atoms with E-state index in [0.29, 0.717) is 25.6 Å². The molecular weight excluding hydrogens is 272 g/mol. The molecule has 0 atom stereocenters. The molecule has 1 saturated heterocycles. The summed E-state index contributed by atoms with van der Waals surface area (Å²) >= 11 is 0. The number of nitrogens with one attached hydrogen (secondary N) is 2. The highest BCUT2D eigenvalue weighted by Gasteiger charge is 2.23. The molecule has 1 fully saturated rings. The molecule has 0 aromatic carbocycles. The molecule has 21 heavy (non-hydrogen) atoms. The normalized spacial score (nSPS) is 16.6. The summed E-state index contributed by atoms with van der Waals surface area (Å²) < 4.78 is 0. The Bertz CT molecular complexity index is 524. The number of anilines is 1. The van der Waals surface area contributed by atoms with Crippen molar-refractivity contribution in [2.24, 2.45) is 5.73 Å². The monoisotopic (exact) mass is 290 g/mol. The quantitative estimate of drug-likeness (QED) is 0.455. The van der Waals surface area contributed by atoms with Crippen molar-refractivity contribution in [1.82, 2.24) is 25.0 Å². The number of piperazine rings is 1. The van der Waals surface area contributed by atoms with Gasteiger partial charge in [0.1, 0.15) is 18.0 Å². The first-order valence-electron chi connectivity index (χ1n) is 6.68. The summed E-state index contributed by atoms with van der Waals surface area (Å²) in [6.07, 6.45) is 2.68. The fraction of sp³-hybridized carbons (Fsp3) is 0.500. The highest BCUT2D eigenvalue weighted by Crippen LogP contribution is 2.07. The summed E-state index contributed by atoms with van der Waals surface area (Å²) in [5.41, 5.74) is 5.55. The van der Waals surface area contributed by atoms with Gasteiger partial charge in [-0.15, -0.1) is 0 Å². The molecule has 1 aromatic rings. The van der Waals surface area contributed by atoms with E-state index in [1.165, 1.54) is 12.5 Å². The van der Waals surface area contributed by atoms with Crippen LogP contribution in [0.15, 0.2) is 18.1 Å². The lowest BCUT2D eigenvalue weighted by Crippen LogP contribution is -2.50. The van der Waals surface area contributed by atoms with Gasteiger partial charge in [-0.2, -0.15) is 15.3 Å². The predicted octanol–water partition coefficient (Wildman–Crippen LogP) is -1.27. The lowest BCUT2D eigenvalue weighted by molar-refractivity contribution is -0.128. The van der Waals surface area contributed by atoms with E-state index in [-0.39, 0.29) is 11.5 Å². The number of nitrogens with zero attached hydrogens (tertiary/aromatic N) is 5. The number of nitriles is 1. The Hall–Kier alpha value is -2.44. The van der Waals surface area contributed by atoms with Crippen molar-refractivity contribution in [2.75, 3.05) is 44.6 Å². The Kier molecular flexibility index (Phi) is 5.25. The van der Waals surface area contributed by atoms with Crippen LogP contribution in [0.2, 0.25) is 0 Å². The maximum atomic E-state index is 12.3. The smallest absolute Gasteiger partial charge is 0.266 e. The van der Waals surface area contributed by atoms with Gasteiger partial charge in [-0.3, -0.25) is 9.69 Å². The minimum atomic E-state index is -0.281. The SMILES string of the molecule is N#C/C(=C/Nc1ncn[nH]1)C(=O)N1CCN(CCN)CC1. The topological polar surface area (TPSA) is 127 Å². The number of rotatable bonds is 5. The van der Waals surface area contributed by atoms with E-state index in [0.717, 1.165) is 19.6 Å². The van der Waals surface area contributed by atoms with Gasteiger partial charge >= 0.3 is 0 Å². The summed E-state index contributed by atoms with van der Waals surface area (Å²) in [6, 6.07) is 1.91. The summed E-state index contributed by atoms with van der Waals surface area (Å²) in [5.74, 6) is 0.0974. The fourth-order valence-electron chi connectivity index (χ4n) is 2.08. The van der Waals surface area contributed by atoms with Crippen molar-refractivity contribution in [3.8, 4) is 6.07 Å². The molecule has 0 unspecified atom stereocenters. The molecule has 1 aliphatic rings. The van der Waals surface area contributed by atoms with Crippen molar-refractivity contribution in [3.63, 3.8) is 0 Å². The average molecular weight is 290 g/mol. The molecule has 112 valence electrons. The number of aromatic amines is 1. The number of hydrogen-bond acceptors (Lipinski definition) is 7. The lowest BCUT2D eigenvalue weighted by Gasteiger charge is -2.34. The van der Waals surface area contributed by atoms with E-state index in [9.17, 15) is 4.79 Å². The second-order valence-electron chi connectivity index (χ2n) is 4.57. The van der Waals surface area contributed by atoms with E-state index in [4.69, 9.17) is 11.0 Å². The van der Waals surface area contributed by atoms with Crippen LogP contribution in [0.3, 0.4) is 0 Å². The van der Waals surface area contributed by atoms with Crippen LogP contribution in [0.25, 0.3) is 0 Å². The average Bonchev–Trinajstić information content (AvgIpc) is 3.02. The Morgan fingerprint density at radius 2 is 2.29 bits per heavy atom. The lowest BCUT2D eigenvalue weighted by atomic mass is 10.2. The summed E-state index contributed by atoms with van der Waals surface area (Å²) in [5, 5.41) is 18.1. The van der Waals surface area contributed by atoms with Crippen molar-refractivity contribution < 1.29 is 4.79 Å². The van der Waals surface area contributed by atoms with Crippen LogP contribution in [0.4, 0.5) is 5.95 Å². The molecule has 0 spiro atoms. The van der Waals surface area contributed by atoms with Crippen molar-refractivity contribution in [1.29, 1.82) is 5.26 Å². The van der Waals surface area contributed by atoms with Crippen molar-refractivity contribution in [2.45, 2.75) is 0 Å². The van der Waals surface area contributed by atoms with Gasteiger partial charge in [-0.25, -0.2) is 5.10 Å². The molecular formula is C12H18N8O. The zero-order chi connectivity index (χ0) is 15.1. The molecule has 9 heteroatoms. The first kappa shape index (κ1) is 15.0. The molecule has 2 rings (SSSR count). The summed E-state index contributed by atoms with van der Waals surface area (Å²) in [4.78, 5) is 20.0. The van der Waals surface area contributed by atoms with E-state index < -0.39 is 0 Å². The summed E-state index contributed by atoms with van der Waals surface area (Å²) in [7, 11) is 0. The first-order valence-corrected chi connectivity index (χ1v) is 6.68. The number of carbonyl (C=O) groups excluding carboxylic acids is 1. The second-order valence-corrected chi connectivity index (χ2v) is 4.57. The zero-order valence-corrected chi connectivity index (χ0v) is 11.6. The van der Waals surface area contributed by atoms with Gasteiger partial charge in [-0.1, -0.05) is 0 Å². The first-order chi connectivity index (χ1) is 10.2. The molecule has 1 aliphatic heterocycles. The molecule has 0 bridgehead atoms. The molecule has 1 amide bonds. The largest absolute Gasteiger partial charge is 0.335 e. The van der Waals surface area contributed by atoms with Crippen LogP contribution in [0.5, 0.6) is 0 Å². The second kappa shape index (κ2) is 7.37. The van der Waals surface area contributed by atoms with Gasteiger partial charge < -0.3 is 16.0 Å². The third kappa shape index (κ3) is 4.01. The third-order valence-electron chi connectivity index (χ3n) is 3.22. The van der Waals surface area contributed by atoms with Crippen LogP contribution in [-0.2, 0) is 4.79 Å². The molecule has 0 aliphatic carbocycles. The van der Waals surface area contributed by atoms with Crippen LogP contribution < -0.4 is 11.1 Å². The van der Waals surface area contributed by atoms with E-state index in [2.05, 4.69) is 25.4 Å². The zero-order valence-electron chi connectivity index (χ0n) is 11.6. The van der Waals surface area contributed by atoms with Crippen LogP contribution in [0, 0.1) is 11.3 Å². The maximum absolute atomic E-state index is 12.3. The van der Waals surface area contributed by atoms with Gasteiger partial charge in [-0.05, 0) is 0 Å². The fourth-order valence-corrected chi connectivity index (χ4v) is 2.08. The predicted molar refractivity (Wildman–Crippen MR) is 75.8 cm³/mol. The molecule has 9 nitrogen and oxygen atoms in total. The van der Waals surface area contributed by atoms with Gasteiger partial charge in [0.15, 0.2) is 0 Å². The van der Waals surface area contributed by atoms with E-state index >= 15 is 0 Å². The number of aromatic nitrogens is 3. The maximum Gasteiger partial charge on any atom is 0.266 e. The Balaban J connectivity index is 1.92. The number of H-pyrrole nitrogens is 1. The molecule has 4 N–H and O–H groups in total. The van der Waals surface area contributed by atoms with E-state index in [1.54, 1.807) is 4.90 Å². The minimum Gasteiger partial charge on any atom is -0.335 e. The van der Waals surface area contributed by atoms with E-state index in [1.807, 2.05) is 6.07 Å². The van der Waals surface area contributed by atoms with Crippen molar-refractivity contribution >= 4 is 11.9 Å². The number of hydrogen-bond donors (Lipinski definition) is 3. The number of nitrogens with two attached hydrogens (primary N) is 1. The molecule has 0 radical (unpaired) electrons. The highest BCUT2D eigenvalue weighted by molar-refractivity contribution is 5.97. The number of carbonyl (C=O) groups is 1. The third-order valence-corrected chi connectivity index (χ3v) is 3.22. The standard InChI is InChI=1S/C12H18N8O/c13-1-2-19-3-5-20(6-4-19)11(21)10(7-14)8-15-12-16-9-17-18-12/h8-9H,1-6,13H2,(H2,15,16,17,18)/b10-8-. The van der Waals surface area contributed by atoms with Gasteiger partial charge in [0.25, 0.3) is 5.91 Å². The van der Waals surface area contributed by atoms with Crippen LogP contribution in [0.1, 0.15) is 0 Å². The summed E-state index contributed by atoms with van der Waals surface area (Å²) in [6.45, 7) is 4.18. The van der Waals surface area contributed by atoms with Crippen LogP contribution in [-0.4, -0.2) is 70.2 Å². The molecule has 0 saturated carbocycles. The van der Waals surface area contributed by atoms with Gasteiger partial charge in [0, 0.05) is 45.5 Å². The number of amides is 1. The molecule has 1 aromatic heterocycles. The van der Waals surface area contributed by atoms with Gasteiger partial charge in [0.05, 0.1) is 0 Å². The minimum absolute atomic E-state index is 0.0404. The highest BCUT2D eigenvalue weighted by atomic mass is 16.2. The molecule has 2 heterocycles. The Morgan fingerprint density at radius 3 is 2.86 bits per heavy atom. The Morgan fingerprint density at radius 1 is 1.52 bits per heavy atom. The van der Waals surface area contributed by atoms with Crippen molar-refractivity contribution in [3.05, 3.63) is 18.1 Å². The van der Waals surface area contributed by atoms with Crippen LogP contribution >= 0.6 is 0 Å².